The third kappa shape index (κ3) is 1.93. The van der Waals surface area contributed by atoms with Crippen molar-refractivity contribution in [2.24, 2.45) is 5.73 Å². The molecule has 0 saturated heterocycles. The molecule has 0 amide bonds. The maximum absolute atomic E-state index is 13.7. The van der Waals surface area contributed by atoms with Gasteiger partial charge in [0.15, 0.2) is 0 Å². The average Bonchev–Trinajstić information content (AvgIpc) is 2.65. The Balaban J connectivity index is 2.35. The van der Waals surface area contributed by atoms with Crippen molar-refractivity contribution in [3.8, 4) is 0 Å². The van der Waals surface area contributed by atoms with Crippen LogP contribution in [0.15, 0.2) is 12.1 Å². The molecule has 1 atom stereocenters. The molecule has 1 aromatic carbocycles. The maximum Gasteiger partial charge on any atom is 0.326 e. The van der Waals surface area contributed by atoms with Gasteiger partial charge in [-0.3, -0.25) is 4.79 Å². The van der Waals surface area contributed by atoms with Crippen molar-refractivity contribution >= 4 is 5.97 Å². The maximum atomic E-state index is 13.7. The largest absolute Gasteiger partial charge is 0.465 e. The predicted octanol–water partition coefficient (Wildman–Crippen LogP) is 1.49. The molecule has 0 fully saturated rings. The van der Waals surface area contributed by atoms with E-state index in [1.54, 1.807) is 13.0 Å². The van der Waals surface area contributed by atoms with E-state index in [1.165, 1.54) is 6.07 Å². The topological polar surface area (TPSA) is 52.3 Å². The van der Waals surface area contributed by atoms with Crippen molar-refractivity contribution in [1.82, 2.24) is 0 Å². The van der Waals surface area contributed by atoms with Gasteiger partial charge in [-0.1, -0.05) is 6.07 Å². The fourth-order valence-corrected chi connectivity index (χ4v) is 2.33. The molecular weight excluding hydrogens is 221 g/mol. The van der Waals surface area contributed by atoms with Gasteiger partial charge in [0.25, 0.3) is 0 Å². The van der Waals surface area contributed by atoms with Crippen molar-refractivity contribution in [3.05, 3.63) is 34.6 Å². The monoisotopic (exact) mass is 237 g/mol. The van der Waals surface area contributed by atoms with Crippen LogP contribution < -0.4 is 5.73 Å². The second kappa shape index (κ2) is 4.11. The highest BCUT2D eigenvalue weighted by atomic mass is 19.1. The van der Waals surface area contributed by atoms with Crippen LogP contribution in [0.5, 0.6) is 0 Å². The van der Waals surface area contributed by atoms with Crippen LogP contribution in [-0.4, -0.2) is 18.1 Å². The van der Waals surface area contributed by atoms with Gasteiger partial charge in [-0.2, -0.15) is 0 Å². The van der Waals surface area contributed by atoms with Gasteiger partial charge >= 0.3 is 5.97 Å². The van der Waals surface area contributed by atoms with Crippen LogP contribution in [0.25, 0.3) is 0 Å². The van der Waals surface area contributed by atoms with Crippen LogP contribution in [0.3, 0.4) is 0 Å². The number of carbonyl (C=O) groups is 1. The van der Waals surface area contributed by atoms with Gasteiger partial charge in [-0.15, -0.1) is 0 Å². The summed E-state index contributed by atoms with van der Waals surface area (Å²) in [6.07, 6.45) is 0.569. The number of aryl methyl sites for hydroxylation is 1. The molecule has 4 heteroatoms. The zero-order chi connectivity index (χ0) is 12.6. The SMILES string of the molecule is CCOC(=O)C1(N)Cc2c(C)ccc(F)c2C1. The first-order chi connectivity index (χ1) is 7.98. The first-order valence-corrected chi connectivity index (χ1v) is 5.71. The predicted molar refractivity (Wildman–Crippen MR) is 62.1 cm³/mol. The second-order valence-electron chi connectivity index (χ2n) is 4.55. The zero-order valence-electron chi connectivity index (χ0n) is 10.0. The number of benzene rings is 1. The van der Waals surface area contributed by atoms with Crippen molar-refractivity contribution in [3.63, 3.8) is 0 Å². The lowest BCUT2D eigenvalue weighted by Crippen LogP contribution is -2.50. The minimum Gasteiger partial charge on any atom is -0.465 e. The van der Waals surface area contributed by atoms with Crippen LogP contribution in [0.1, 0.15) is 23.6 Å². The molecule has 0 saturated carbocycles. The lowest BCUT2D eigenvalue weighted by atomic mass is 9.97. The molecule has 0 bridgehead atoms. The summed E-state index contributed by atoms with van der Waals surface area (Å²) in [5, 5.41) is 0. The summed E-state index contributed by atoms with van der Waals surface area (Å²) in [6.45, 7) is 3.92. The summed E-state index contributed by atoms with van der Waals surface area (Å²) in [5.41, 5.74) is 7.30. The summed E-state index contributed by atoms with van der Waals surface area (Å²) in [5.74, 6) is -0.739. The zero-order valence-corrected chi connectivity index (χ0v) is 10.0. The van der Waals surface area contributed by atoms with Crippen molar-refractivity contribution in [1.29, 1.82) is 0 Å². The number of carbonyl (C=O) groups excluding carboxylic acids is 1. The molecule has 1 unspecified atom stereocenters. The first-order valence-electron chi connectivity index (χ1n) is 5.71. The molecule has 92 valence electrons. The Labute approximate surface area is 99.8 Å². The summed E-state index contributed by atoms with van der Waals surface area (Å²) in [4.78, 5) is 11.8. The van der Waals surface area contributed by atoms with E-state index in [9.17, 15) is 9.18 Å². The minimum absolute atomic E-state index is 0.217. The number of rotatable bonds is 2. The van der Waals surface area contributed by atoms with Crippen molar-refractivity contribution in [2.45, 2.75) is 32.2 Å². The number of hydrogen-bond donors (Lipinski definition) is 1. The van der Waals surface area contributed by atoms with Gasteiger partial charge in [0.05, 0.1) is 6.61 Å². The molecule has 3 nitrogen and oxygen atoms in total. The van der Waals surface area contributed by atoms with E-state index in [0.717, 1.165) is 11.1 Å². The fraction of sp³-hybridized carbons (Fsp3) is 0.462. The molecule has 17 heavy (non-hydrogen) atoms. The molecule has 0 radical (unpaired) electrons. The van der Waals surface area contributed by atoms with E-state index in [1.807, 2.05) is 6.92 Å². The van der Waals surface area contributed by atoms with E-state index in [2.05, 4.69) is 0 Å². The highest BCUT2D eigenvalue weighted by Gasteiger charge is 2.43. The van der Waals surface area contributed by atoms with Crippen LogP contribution >= 0.6 is 0 Å². The van der Waals surface area contributed by atoms with Crippen LogP contribution in [0, 0.1) is 12.7 Å². The molecule has 1 aliphatic carbocycles. The fourth-order valence-electron chi connectivity index (χ4n) is 2.33. The summed E-state index contributed by atoms with van der Waals surface area (Å²) < 4.78 is 18.6. The van der Waals surface area contributed by atoms with Gasteiger partial charge in [0.2, 0.25) is 0 Å². The number of esters is 1. The number of fused-ring (bicyclic) bond motifs is 1. The van der Waals surface area contributed by atoms with E-state index < -0.39 is 11.5 Å². The van der Waals surface area contributed by atoms with E-state index in [4.69, 9.17) is 10.5 Å². The molecule has 0 aliphatic heterocycles. The number of hydrogen-bond acceptors (Lipinski definition) is 3. The summed E-state index contributed by atoms with van der Waals surface area (Å²) >= 11 is 0. The van der Waals surface area contributed by atoms with Crippen LogP contribution in [0.2, 0.25) is 0 Å². The van der Waals surface area contributed by atoms with Gasteiger partial charge in [-0.25, -0.2) is 4.39 Å². The van der Waals surface area contributed by atoms with Crippen LogP contribution in [0.4, 0.5) is 4.39 Å². The Morgan fingerprint density at radius 2 is 2.12 bits per heavy atom. The van der Waals surface area contributed by atoms with Gasteiger partial charge in [0, 0.05) is 12.8 Å². The molecule has 0 spiro atoms. The number of halogens is 1. The van der Waals surface area contributed by atoms with Crippen LogP contribution in [-0.2, 0) is 22.4 Å². The summed E-state index contributed by atoms with van der Waals surface area (Å²) in [6, 6.07) is 3.14. The van der Waals surface area contributed by atoms with E-state index in [0.29, 0.717) is 12.0 Å². The van der Waals surface area contributed by atoms with Gasteiger partial charge < -0.3 is 10.5 Å². The smallest absolute Gasteiger partial charge is 0.326 e. The third-order valence-corrected chi connectivity index (χ3v) is 3.27. The quantitative estimate of drug-likeness (QED) is 0.793. The second-order valence-corrected chi connectivity index (χ2v) is 4.55. The molecule has 2 rings (SSSR count). The molecule has 0 heterocycles. The molecule has 2 N–H and O–H groups in total. The Kier molecular flexibility index (Phi) is 2.91. The normalized spacial score (nSPS) is 22.4. The standard InChI is InChI=1S/C13H16FNO2/c1-3-17-12(16)13(15)6-9-8(2)4-5-11(14)10(9)7-13/h4-5H,3,6-7,15H2,1-2H3. The average molecular weight is 237 g/mol. The van der Waals surface area contributed by atoms with E-state index >= 15 is 0 Å². The van der Waals surface area contributed by atoms with Crippen molar-refractivity contribution in [2.75, 3.05) is 6.61 Å². The third-order valence-electron chi connectivity index (χ3n) is 3.27. The Bertz CT molecular complexity index is 440. The lowest BCUT2D eigenvalue weighted by molar-refractivity contribution is -0.149. The molecule has 1 aliphatic rings. The first kappa shape index (κ1) is 12.0. The molecule has 1 aromatic rings. The van der Waals surface area contributed by atoms with E-state index in [-0.39, 0.29) is 18.8 Å². The Hall–Kier alpha value is -1.42. The highest BCUT2D eigenvalue weighted by molar-refractivity contribution is 5.83. The number of nitrogens with two attached hydrogens (primary N) is 1. The minimum atomic E-state index is -1.11. The van der Waals surface area contributed by atoms with Crippen molar-refractivity contribution < 1.29 is 13.9 Å². The van der Waals surface area contributed by atoms with Gasteiger partial charge in [-0.05, 0) is 36.6 Å². The highest BCUT2D eigenvalue weighted by Crippen LogP contribution is 2.33. The lowest BCUT2D eigenvalue weighted by Gasteiger charge is -2.20. The Morgan fingerprint density at radius 3 is 2.71 bits per heavy atom. The Morgan fingerprint density at radius 1 is 1.47 bits per heavy atom. The molecule has 0 aromatic heterocycles. The molecular formula is C13H16FNO2. The summed E-state index contributed by atoms with van der Waals surface area (Å²) in [7, 11) is 0. The van der Waals surface area contributed by atoms with Gasteiger partial charge in [0.1, 0.15) is 11.4 Å². The number of ether oxygens (including phenoxy) is 1.